The van der Waals surface area contributed by atoms with E-state index in [4.69, 9.17) is 10.5 Å². The van der Waals surface area contributed by atoms with E-state index in [1.165, 1.54) is 11.3 Å². The van der Waals surface area contributed by atoms with E-state index in [0.717, 1.165) is 11.3 Å². The van der Waals surface area contributed by atoms with Gasteiger partial charge < -0.3 is 15.8 Å². The minimum Gasteiger partial charge on any atom is -0.462 e. The third-order valence-electron chi connectivity index (χ3n) is 2.66. The van der Waals surface area contributed by atoms with Crippen molar-refractivity contribution < 1.29 is 14.3 Å². The highest BCUT2D eigenvalue weighted by molar-refractivity contribution is 7.16. The fourth-order valence-electron chi connectivity index (χ4n) is 1.41. The fraction of sp³-hybridized carbons (Fsp3) is 0.538. The second-order valence-electron chi connectivity index (χ2n) is 4.16. The van der Waals surface area contributed by atoms with Crippen molar-refractivity contribution in [2.24, 2.45) is 11.7 Å². The summed E-state index contributed by atoms with van der Waals surface area (Å²) >= 11 is 1.40. The van der Waals surface area contributed by atoms with Gasteiger partial charge in [0.2, 0.25) is 5.91 Å². The van der Waals surface area contributed by atoms with E-state index in [0.29, 0.717) is 17.2 Å². The van der Waals surface area contributed by atoms with Crippen molar-refractivity contribution in [3.63, 3.8) is 0 Å². The summed E-state index contributed by atoms with van der Waals surface area (Å²) < 4.78 is 4.99. The number of hydrogen-bond acceptors (Lipinski definition) is 5. The first kappa shape index (κ1) is 15.7. The maximum atomic E-state index is 11.8. The van der Waals surface area contributed by atoms with Crippen LogP contribution in [0.4, 0.5) is 5.00 Å². The Morgan fingerprint density at radius 2 is 2.16 bits per heavy atom. The Balaban J connectivity index is 2.95. The quantitative estimate of drug-likeness (QED) is 0.783. The van der Waals surface area contributed by atoms with Crippen LogP contribution in [-0.4, -0.2) is 25.0 Å². The van der Waals surface area contributed by atoms with Crippen LogP contribution in [0.15, 0.2) is 6.07 Å². The summed E-state index contributed by atoms with van der Waals surface area (Å²) in [5.41, 5.74) is 5.87. The molecule has 0 spiro atoms. The van der Waals surface area contributed by atoms with Crippen molar-refractivity contribution in [1.29, 1.82) is 0 Å². The Bertz CT molecular complexity index is 457. The maximum absolute atomic E-state index is 11.8. The molecule has 106 valence electrons. The van der Waals surface area contributed by atoms with Crippen LogP contribution in [0.1, 0.15) is 36.0 Å². The van der Waals surface area contributed by atoms with Crippen LogP contribution >= 0.6 is 11.3 Å². The summed E-state index contributed by atoms with van der Waals surface area (Å²) in [6, 6.07) is 1.77. The summed E-state index contributed by atoms with van der Waals surface area (Å²) in [6.45, 7) is 6.07. The maximum Gasteiger partial charge on any atom is 0.341 e. The molecule has 1 unspecified atom stereocenters. The highest BCUT2D eigenvalue weighted by Gasteiger charge is 2.20. The third-order valence-corrected chi connectivity index (χ3v) is 3.86. The molecule has 0 saturated heterocycles. The second-order valence-corrected chi connectivity index (χ2v) is 5.29. The van der Waals surface area contributed by atoms with Crippen molar-refractivity contribution in [3.05, 3.63) is 16.5 Å². The molecule has 0 aliphatic rings. The lowest BCUT2D eigenvalue weighted by atomic mass is 10.1. The molecule has 1 heterocycles. The van der Waals surface area contributed by atoms with Gasteiger partial charge in [0.25, 0.3) is 0 Å². The molecular formula is C13H20N2O3S. The van der Waals surface area contributed by atoms with Crippen LogP contribution in [0.2, 0.25) is 0 Å². The molecular weight excluding hydrogens is 264 g/mol. The van der Waals surface area contributed by atoms with Gasteiger partial charge in [-0.3, -0.25) is 4.79 Å². The van der Waals surface area contributed by atoms with Crippen LogP contribution in [0.5, 0.6) is 0 Å². The predicted octanol–water partition coefficient (Wildman–Crippen LogP) is 2.02. The molecule has 1 atom stereocenters. The first-order valence-corrected chi connectivity index (χ1v) is 7.15. The average molecular weight is 284 g/mol. The van der Waals surface area contributed by atoms with Gasteiger partial charge in [0.15, 0.2) is 0 Å². The molecule has 0 fully saturated rings. The van der Waals surface area contributed by atoms with Gasteiger partial charge in [0.05, 0.1) is 12.2 Å². The van der Waals surface area contributed by atoms with Gasteiger partial charge in [-0.25, -0.2) is 4.79 Å². The zero-order chi connectivity index (χ0) is 14.4. The predicted molar refractivity (Wildman–Crippen MR) is 76.5 cm³/mol. The molecule has 1 aromatic rings. The lowest BCUT2D eigenvalue weighted by Gasteiger charge is -2.09. The Morgan fingerprint density at radius 3 is 2.68 bits per heavy atom. The first-order chi connectivity index (χ1) is 9.03. The molecule has 3 N–H and O–H groups in total. The van der Waals surface area contributed by atoms with E-state index in [9.17, 15) is 9.59 Å². The topological polar surface area (TPSA) is 81.4 Å². The largest absolute Gasteiger partial charge is 0.462 e. The van der Waals surface area contributed by atoms with Gasteiger partial charge in [0.1, 0.15) is 5.00 Å². The van der Waals surface area contributed by atoms with Crippen LogP contribution in [0, 0.1) is 5.92 Å². The van der Waals surface area contributed by atoms with Crippen LogP contribution in [0.25, 0.3) is 0 Å². The van der Waals surface area contributed by atoms with Crippen molar-refractivity contribution >= 4 is 28.2 Å². The number of anilines is 1. The SMILES string of the molecule is CCOC(=O)c1cc(CC)sc1NC(=O)C(C)CN. The minimum atomic E-state index is -0.408. The number of carbonyl (C=O) groups excluding carboxylic acids is 2. The van der Waals surface area contributed by atoms with Gasteiger partial charge in [-0.15, -0.1) is 11.3 Å². The molecule has 1 rings (SSSR count). The van der Waals surface area contributed by atoms with Gasteiger partial charge in [-0.1, -0.05) is 13.8 Å². The lowest BCUT2D eigenvalue weighted by molar-refractivity contribution is -0.119. The second kappa shape index (κ2) is 7.25. The zero-order valence-electron chi connectivity index (χ0n) is 11.5. The van der Waals surface area contributed by atoms with Crippen molar-refractivity contribution in [3.8, 4) is 0 Å². The number of nitrogens with one attached hydrogen (secondary N) is 1. The summed E-state index contributed by atoms with van der Waals surface area (Å²) in [5, 5.41) is 3.30. The van der Waals surface area contributed by atoms with E-state index >= 15 is 0 Å². The van der Waals surface area contributed by atoms with Gasteiger partial charge in [-0.05, 0) is 19.4 Å². The Hall–Kier alpha value is -1.40. The summed E-state index contributed by atoms with van der Waals surface area (Å²) in [4.78, 5) is 24.7. The molecule has 6 heteroatoms. The summed E-state index contributed by atoms with van der Waals surface area (Å²) in [6.07, 6.45) is 0.805. The fourth-order valence-corrected chi connectivity index (χ4v) is 2.40. The first-order valence-electron chi connectivity index (χ1n) is 6.34. The van der Waals surface area contributed by atoms with E-state index in [-0.39, 0.29) is 18.4 Å². The third kappa shape index (κ3) is 4.04. The number of amides is 1. The molecule has 0 aliphatic heterocycles. The highest BCUT2D eigenvalue weighted by atomic mass is 32.1. The van der Waals surface area contributed by atoms with Crippen molar-refractivity contribution in [2.45, 2.75) is 27.2 Å². The molecule has 1 aromatic heterocycles. The molecule has 5 nitrogen and oxygen atoms in total. The minimum absolute atomic E-state index is 0.183. The lowest BCUT2D eigenvalue weighted by Crippen LogP contribution is -2.27. The number of nitrogens with two attached hydrogens (primary N) is 1. The van der Waals surface area contributed by atoms with Crippen molar-refractivity contribution in [1.82, 2.24) is 0 Å². The molecule has 0 bridgehead atoms. The molecule has 0 radical (unpaired) electrons. The van der Waals surface area contributed by atoms with Gasteiger partial charge in [-0.2, -0.15) is 0 Å². The zero-order valence-corrected chi connectivity index (χ0v) is 12.3. The molecule has 19 heavy (non-hydrogen) atoms. The van der Waals surface area contributed by atoms with Gasteiger partial charge >= 0.3 is 5.97 Å². The van der Waals surface area contributed by atoms with Gasteiger partial charge in [0, 0.05) is 17.3 Å². The number of thiophene rings is 1. The molecule has 0 aromatic carbocycles. The normalized spacial score (nSPS) is 12.0. The summed E-state index contributed by atoms with van der Waals surface area (Å²) in [5.74, 6) is -0.881. The van der Waals surface area contributed by atoms with Crippen molar-refractivity contribution in [2.75, 3.05) is 18.5 Å². The number of hydrogen-bond donors (Lipinski definition) is 2. The van der Waals surface area contributed by atoms with E-state index in [2.05, 4.69) is 5.32 Å². The smallest absolute Gasteiger partial charge is 0.341 e. The Morgan fingerprint density at radius 1 is 1.47 bits per heavy atom. The molecule has 0 saturated carbocycles. The molecule has 0 aliphatic carbocycles. The number of carbonyl (C=O) groups is 2. The standard InChI is InChI=1S/C13H20N2O3S/c1-4-9-6-10(13(17)18-5-2)12(19-9)15-11(16)8(3)7-14/h6,8H,4-5,7,14H2,1-3H3,(H,15,16). The Kier molecular flexibility index (Phi) is 5.98. The van der Waals surface area contributed by atoms with Crippen LogP contribution < -0.4 is 11.1 Å². The van der Waals surface area contributed by atoms with E-state index in [1.54, 1.807) is 19.9 Å². The van der Waals surface area contributed by atoms with Crippen LogP contribution in [-0.2, 0) is 16.0 Å². The average Bonchev–Trinajstić information content (AvgIpc) is 2.81. The number of aryl methyl sites for hydroxylation is 1. The molecule has 1 amide bonds. The van der Waals surface area contributed by atoms with E-state index < -0.39 is 5.97 Å². The monoisotopic (exact) mass is 284 g/mol. The number of esters is 1. The summed E-state index contributed by atoms with van der Waals surface area (Å²) in [7, 11) is 0. The highest BCUT2D eigenvalue weighted by Crippen LogP contribution is 2.29. The van der Waals surface area contributed by atoms with E-state index in [1.807, 2.05) is 6.92 Å². The van der Waals surface area contributed by atoms with Crippen LogP contribution in [0.3, 0.4) is 0 Å². The Labute approximate surface area is 117 Å². The number of rotatable bonds is 6. The number of ether oxygens (including phenoxy) is 1.